The Bertz CT molecular complexity index is 1090. The highest BCUT2D eigenvalue weighted by Gasteiger charge is 2.27. The first-order chi connectivity index (χ1) is 16.3. The van der Waals surface area contributed by atoms with E-state index in [1.165, 1.54) is 13.0 Å². The summed E-state index contributed by atoms with van der Waals surface area (Å²) in [7, 11) is 0. The van der Waals surface area contributed by atoms with Crippen LogP contribution in [0.2, 0.25) is 0 Å². The Labute approximate surface area is 198 Å². The average Bonchev–Trinajstić information content (AvgIpc) is 3.21. The molecule has 4 amide bonds. The summed E-state index contributed by atoms with van der Waals surface area (Å²) >= 11 is 0. The predicted molar refractivity (Wildman–Crippen MR) is 124 cm³/mol. The van der Waals surface area contributed by atoms with Gasteiger partial charge in [0.15, 0.2) is 5.69 Å². The minimum absolute atomic E-state index is 0.00747. The average molecular weight is 467 g/mol. The topological polar surface area (TPSA) is 108 Å². The van der Waals surface area contributed by atoms with E-state index in [0.717, 1.165) is 17.5 Å². The number of carbonyl (C=O) groups excluding carboxylic acids is 4. The molecule has 1 N–H and O–H groups in total. The molecule has 34 heavy (non-hydrogen) atoms. The monoisotopic (exact) mass is 466 g/mol. The molecule has 10 heteroatoms. The van der Waals surface area contributed by atoms with Crippen LogP contribution in [-0.2, 0) is 22.7 Å². The Morgan fingerprint density at radius 2 is 1.65 bits per heavy atom. The van der Waals surface area contributed by atoms with E-state index in [4.69, 9.17) is 0 Å². The summed E-state index contributed by atoms with van der Waals surface area (Å²) in [6.07, 6.45) is 0.734. The molecule has 0 saturated carbocycles. The van der Waals surface area contributed by atoms with E-state index >= 15 is 0 Å². The molecule has 4 rings (SSSR count). The maximum Gasteiger partial charge on any atom is 0.272 e. The number of amides is 4. The fourth-order valence-electron chi connectivity index (χ4n) is 4.24. The van der Waals surface area contributed by atoms with Crippen molar-refractivity contribution in [3.63, 3.8) is 0 Å². The van der Waals surface area contributed by atoms with Gasteiger partial charge in [-0.25, -0.2) is 0 Å². The number of aryl methyl sites for hydroxylation is 2. The second kappa shape index (κ2) is 10.1. The molecule has 0 atom stereocenters. The van der Waals surface area contributed by atoms with Crippen molar-refractivity contribution in [1.29, 1.82) is 0 Å². The molecule has 0 bridgehead atoms. The second-order valence-corrected chi connectivity index (χ2v) is 8.77. The van der Waals surface area contributed by atoms with Crippen LogP contribution in [0.1, 0.15) is 45.4 Å². The van der Waals surface area contributed by atoms with Gasteiger partial charge < -0.3 is 20.0 Å². The lowest BCUT2D eigenvalue weighted by Crippen LogP contribution is -2.52. The van der Waals surface area contributed by atoms with Gasteiger partial charge in [0.1, 0.15) is 5.69 Å². The van der Waals surface area contributed by atoms with Crippen LogP contribution in [0.4, 0.5) is 0 Å². The highest BCUT2D eigenvalue weighted by atomic mass is 16.2. The molecule has 2 aliphatic heterocycles. The van der Waals surface area contributed by atoms with Gasteiger partial charge in [-0.05, 0) is 18.9 Å². The summed E-state index contributed by atoms with van der Waals surface area (Å²) in [4.78, 5) is 54.8. The van der Waals surface area contributed by atoms with E-state index in [1.807, 2.05) is 31.2 Å². The molecule has 1 saturated heterocycles. The second-order valence-electron chi connectivity index (χ2n) is 8.77. The predicted octanol–water partition coefficient (Wildman–Crippen LogP) is 0.658. The van der Waals surface area contributed by atoms with Crippen molar-refractivity contribution in [1.82, 2.24) is 29.8 Å². The number of carbonyl (C=O) groups is 4. The van der Waals surface area contributed by atoms with E-state index in [0.29, 0.717) is 51.5 Å². The van der Waals surface area contributed by atoms with Gasteiger partial charge in [-0.2, -0.15) is 5.10 Å². The molecule has 3 heterocycles. The van der Waals surface area contributed by atoms with E-state index in [1.54, 1.807) is 19.4 Å². The molecule has 1 fully saturated rings. The first-order valence-electron chi connectivity index (χ1n) is 11.6. The first kappa shape index (κ1) is 23.5. The molecule has 0 unspecified atom stereocenters. The fraction of sp³-hybridized carbons (Fsp3) is 0.458. The smallest absolute Gasteiger partial charge is 0.272 e. The van der Waals surface area contributed by atoms with Gasteiger partial charge in [0.2, 0.25) is 11.8 Å². The number of rotatable bonds is 5. The molecule has 0 aliphatic carbocycles. The van der Waals surface area contributed by atoms with Gasteiger partial charge in [-0.15, -0.1) is 0 Å². The minimum atomic E-state index is -0.492. The Morgan fingerprint density at radius 3 is 2.32 bits per heavy atom. The molecule has 0 radical (unpaired) electrons. The molecule has 10 nitrogen and oxygen atoms in total. The van der Waals surface area contributed by atoms with Gasteiger partial charge in [-0.1, -0.05) is 29.8 Å². The molecule has 180 valence electrons. The highest BCUT2D eigenvalue weighted by Crippen LogP contribution is 2.17. The largest absolute Gasteiger partial charge is 0.342 e. The van der Waals surface area contributed by atoms with Gasteiger partial charge in [0.25, 0.3) is 11.8 Å². The molecular weight excluding hydrogens is 436 g/mol. The molecule has 1 aromatic carbocycles. The van der Waals surface area contributed by atoms with Crippen LogP contribution in [-0.4, -0.2) is 87.4 Å². The zero-order valence-corrected chi connectivity index (χ0v) is 19.6. The van der Waals surface area contributed by atoms with E-state index in [9.17, 15) is 19.2 Å². The number of hydrogen-bond acceptors (Lipinski definition) is 5. The SMILES string of the molecule is CC(=O)N1CCN(C(=O)CNC(=O)c2cc3n(n2)CCCN(Cc2ccc(C)cc2)C3=O)CC1. The van der Waals surface area contributed by atoms with Crippen molar-refractivity contribution in [3.8, 4) is 0 Å². The fourth-order valence-corrected chi connectivity index (χ4v) is 4.24. The number of fused-ring (bicyclic) bond motifs is 1. The summed E-state index contributed by atoms with van der Waals surface area (Å²) in [5.41, 5.74) is 2.71. The van der Waals surface area contributed by atoms with E-state index < -0.39 is 5.91 Å². The van der Waals surface area contributed by atoms with E-state index in [2.05, 4.69) is 10.4 Å². The van der Waals surface area contributed by atoms with Crippen LogP contribution in [0.5, 0.6) is 0 Å². The van der Waals surface area contributed by atoms with Crippen LogP contribution in [0, 0.1) is 6.92 Å². The van der Waals surface area contributed by atoms with Crippen molar-refractivity contribution in [2.45, 2.75) is 33.4 Å². The summed E-state index contributed by atoms with van der Waals surface area (Å²) in [6.45, 7) is 6.89. The summed E-state index contributed by atoms with van der Waals surface area (Å²) in [5, 5.41) is 6.94. The summed E-state index contributed by atoms with van der Waals surface area (Å²) in [5.74, 6) is -0.872. The van der Waals surface area contributed by atoms with Gasteiger partial charge >= 0.3 is 0 Å². The number of piperazine rings is 1. The quantitative estimate of drug-likeness (QED) is 0.697. The van der Waals surface area contributed by atoms with Crippen molar-refractivity contribution >= 4 is 23.6 Å². The third kappa shape index (κ3) is 5.27. The van der Waals surface area contributed by atoms with Crippen molar-refractivity contribution in [3.05, 3.63) is 52.8 Å². The van der Waals surface area contributed by atoms with E-state index in [-0.39, 0.29) is 30.0 Å². The summed E-state index contributed by atoms with van der Waals surface area (Å²) in [6, 6.07) is 9.58. The molecule has 1 aromatic heterocycles. The van der Waals surface area contributed by atoms with Crippen molar-refractivity contribution in [2.24, 2.45) is 0 Å². The lowest BCUT2D eigenvalue weighted by Gasteiger charge is -2.34. The van der Waals surface area contributed by atoms with Gasteiger partial charge in [0.05, 0.1) is 6.54 Å². The Morgan fingerprint density at radius 1 is 0.971 bits per heavy atom. The standard InChI is InChI=1S/C24H30N6O4/c1-17-4-6-19(7-5-17)16-29-8-3-9-30-21(24(29)34)14-20(26-30)23(33)25-15-22(32)28-12-10-27(11-13-28)18(2)31/h4-7,14H,3,8-13,15-16H2,1-2H3,(H,25,33). The number of benzene rings is 1. The van der Waals surface area contributed by atoms with Crippen molar-refractivity contribution in [2.75, 3.05) is 39.3 Å². The Balaban J connectivity index is 1.35. The maximum atomic E-state index is 13.1. The Kier molecular flexibility index (Phi) is 6.95. The zero-order chi connectivity index (χ0) is 24.2. The minimum Gasteiger partial charge on any atom is -0.342 e. The lowest BCUT2D eigenvalue weighted by atomic mass is 10.1. The highest BCUT2D eigenvalue weighted by molar-refractivity contribution is 5.99. The lowest BCUT2D eigenvalue weighted by molar-refractivity contribution is -0.137. The maximum absolute atomic E-state index is 13.1. The van der Waals surface area contributed by atoms with Crippen LogP contribution < -0.4 is 5.32 Å². The molecule has 2 aliphatic rings. The Hall–Kier alpha value is -3.69. The number of nitrogens with one attached hydrogen (secondary N) is 1. The summed E-state index contributed by atoms with van der Waals surface area (Å²) < 4.78 is 1.58. The number of nitrogens with zero attached hydrogens (tertiary/aromatic N) is 5. The van der Waals surface area contributed by atoms with Gasteiger partial charge in [-0.3, -0.25) is 23.9 Å². The van der Waals surface area contributed by atoms with Crippen LogP contribution in [0.15, 0.2) is 30.3 Å². The first-order valence-corrected chi connectivity index (χ1v) is 11.6. The van der Waals surface area contributed by atoms with Crippen LogP contribution in [0.25, 0.3) is 0 Å². The van der Waals surface area contributed by atoms with Gasteiger partial charge in [0, 0.05) is 58.8 Å². The number of aromatic nitrogens is 2. The van der Waals surface area contributed by atoms with Crippen LogP contribution >= 0.6 is 0 Å². The molecule has 2 aromatic rings. The third-order valence-corrected chi connectivity index (χ3v) is 6.29. The third-order valence-electron chi connectivity index (χ3n) is 6.29. The van der Waals surface area contributed by atoms with Crippen LogP contribution in [0.3, 0.4) is 0 Å². The number of hydrogen-bond donors (Lipinski definition) is 1. The molecule has 0 spiro atoms. The van der Waals surface area contributed by atoms with Crippen molar-refractivity contribution < 1.29 is 19.2 Å². The molecular formula is C24H30N6O4. The zero-order valence-electron chi connectivity index (χ0n) is 19.6. The normalized spacial score (nSPS) is 16.2.